The van der Waals surface area contributed by atoms with Gasteiger partial charge in [0.15, 0.2) is 0 Å². The van der Waals surface area contributed by atoms with Crippen molar-refractivity contribution in [2.24, 2.45) is 0 Å². The zero-order valence-corrected chi connectivity index (χ0v) is 12.8. The molecule has 1 atom stereocenters. The molecule has 0 amide bonds. The third-order valence-electron chi connectivity index (χ3n) is 4.09. The van der Waals surface area contributed by atoms with Gasteiger partial charge in [-0.25, -0.2) is 4.98 Å². The maximum absolute atomic E-state index is 5.62. The average Bonchev–Trinajstić information content (AvgIpc) is 2.76. The van der Waals surface area contributed by atoms with Gasteiger partial charge in [0.05, 0.1) is 17.6 Å². The zero-order chi connectivity index (χ0) is 15.2. The number of nitrogens with zero attached hydrogens (tertiary/aromatic N) is 3. The number of likely N-dealkylation sites (tertiary alicyclic amines) is 1. The van der Waals surface area contributed by atoms with E-state index in [-0.39, 0.29) is 0 Å². The molecule has 1 saturated heterocycles. The van der Waals surface area contributed by atoms with Crippen LogP contribution >= 0.6 is 0 Å². The summed E-state index contributed by atoms with van der Waals surface area (Å²) in [4.78, 5) is 11.0. The molecule has 2 aromatic rings. The Labute approximate surface area is 131 Å². The Bertz CT molecular complexity index is 569. The van der Waals surface area contributed by atoms with Crippen LogP contribution in [-0.2, 0) is 6.54 Å². The molecule has 0 spiro atoms. The van der Waals surface area contributed by atoms with Crippen molar-refractivity contribution in [3.63, 3.8) is 0 Å². The van der Waals surface area contributed by atoms with Gasteiger partial charge in [-0.1, -0.05) is 6.07 Å². The van der Waals surface area contributed by atoms with E-state index in [1.54, 1.807) is 0 Å². The number of hydrogen-bond acceptors (Lipinski definition) is 5. The average molecular weight is 297 g/mol. The van der Waals surface area contributed by atoms with Gasteiger partial charge >= 0.3 is 0 Å². The standard InChI is InChI=1S/C17H23N5/c18-17-7-6-15(12-20-17)21-14-5-3-10-22(11-8-14)13-16-4-1-2-9-19-16/h1-2,4,6-7,9,12,14,21H,3,5,8,10-11,13H2,(H2,18,20)/t14-/m0/s1. The molecule has 116 valence electrons. The van der Waals surface area contributed by atoms with Crippen molar-refractivity contribution in [2.75, 3.05) is 24.1 Å². The van der Waals surface area contributed by atoms with Crippen LogP contribution in [0.25, 0.3) is 0 Å². The summed E-state index contributed by atoms with van der Waals surface area (Å²) in [6.45, 7) is 3.17. The van der Waals surface area contributed by atoms with E-state index in [0.717, 1.165) is 37.4 Å². The second-order valence-corrected chi connectivity index (χ2v) is 5.84. The quantitative estimate of drug-likeness (QED) is 0.907. The van der Waals surface area contributed by atoms with Crippen LogP contribution < -0.4 is 11.1 Å². The molecule has 5 heteroatoms. The normalized spacial score (nSPS) is 19.5. The number of nitrogen functional groups attached to an aromatic ring is 1. The fourth-order valence-electron chi connectivity index (χ4n) is 2.91. The van der Waals surface area contributed by atoms with E-state index in [4.69, 9.17) is 5.73 Å². The summed E-state index contributed by atoms with van der Waals surface area (Å²) >= 11 is 0. The first-order valence-electron chi connectivity index (χ1n) is 7.90. The van der Waals surface area contributed by atoms with E-state index in [0.29, 0.717) is 11.9 Å². The predicted octanol–water partition coefficient (Wildman–Crippen LogP) is 2.53. The fourth-order valence-corrected chi connectivity index (χ4v) is 2.91. The molecule has 0 radical (unpaired) electrons. The SMILES string of the molecule is Nc1ccc(N[C@H]2CCCN(Cc3ccccn3)CC2)cn1. The Morgan fingerprint density at radius 3 is 2.86 bits per heavy atom. The summed E-state index contributed by atoms with van der Waals surface area (Å²) in [5, 5.41) is 3.57. The second-order valence-electron chi connectivity index (χ2n) is 5.84. The van der Waals surface area contributed by atoms with E-state index >= 15 is 0 Å². The maximum Gasteiger partial charge on any atom is 0.123 e. The van der Waals surface area contributed by atoms with Crippen LogP contribution in [-0.4, -0.2) is 34.0 Å². The van der Waals surface area contributed by atoms with Gasteiger partial charge in [-0.2, -0.15) is 0 Å². The van der Waals surface area contributed by atoms with Gasteiger partial charge in [0, 0.05) is 25.3 Å². The van der Waals surface area contributed by atoms with Crippen LogP contribution in [0.15, 0.2) is 42.7 Å². The molecule has 3 N–H and O–H groups in total. The van der Waals surface area contributed by atoms with E-state index in [1.807, 2.05) is 30.6 Å². The highest BCUT2D eigenvalue weighted by Crippen LogP contribution is 2.18. The van der Waals surface area contributed by atoms with Crippen LogP contribution in [0, 0.1) is 0 Å². The monoisotopic (exact) mass is 297 g/mol. The summed E-state index contributed by atoms with van der Waals surface area (Å²) < 4.78 is 0. The van der Waals surface area contributed by atoms with Gasteiger partial charge < -0.3 is 11.1 Å². The third-order valence-corrected chi connectivity index (χ3v) is 4.09. The highest BCUT2D eigenvalue weighted by Gasteiger charge is 2.17. The zero-order valence-electron chi connectivity index (χ0n) is 12.8. The van der Waals surface area contributed by atoms with Gasteiger partial charge in [0.1, 0.15) is 5.82 Å². The minimum absolute atomic E-state index is 0.499. The predicted molar refractivity (Wildman–Crippen MR) is 89.4 cm³/mol. The molecule has 3 rings (SSSR count). The van der Waals surface area contributed by atoms with Gasteiger partial charge in [-0.05, 0) is 50.1 Å². The van der Waals surface area contributed by atoms with Crippen molar-refractivity contribution in [2.45, 2.75) is 31.8 Å². The number of rotatable bonds is 4. The number of nitrogens with one attached hydrogen (secondary N) is 1. The van der Waals surface area contributed by atoms with Crippen LogP contribution in [0.1, 0.15) is 25.0 Å². The smallest absolute Gasteiger partial charge is 0.123 e. The molecule has 0 aliphatic carbocycles. The Hall–Kier alpha value is -2.14. The van der Waals surface area contributed by atoms with Crippen LogP contribution in [0.5, 0.6) is 0 Å². The molecule has 22 heavy (non-hydrogen) atoms. The summed E-state index contributed by atoms with van der Waals surface area (Å²) in [7, 11) is 0. The number of aromatic nitrogens is 2. The van der Waals surface area contributed by atoms with E-state index in [1.165, 1.54) is 12.8 Å². The van der Waals surface area contributed by atoms with E-state index in [2.05, 4.69) is 32.3 Å². The van der Waals surface area contributed by atoms with Gasteiger partial charge in [0.25, 0.3) is 0 Å². The number of nitrogens with two attached hydrogens (primary N) is 1. The molecule has 1 aliphatic heterocycles. The summed E-state index contributed by atoms with van der Waals surface area (Å²) in [6, 6.07) is 10.5. The molecule has 5 nitrogen and oxygen atoms in total. The molecule has 0 unspecified atom stereocenters. The molecule has 0 aromatic carbocycles. The first kappa shape index (κ1) is 14.8. The van der Waals surface area contributed by atoms with E-state index < -0.39 is 0 Å². The minimum atomic E-state index is 0.499. The van der Waals surface area contributed by atoms with Crippen molar-refractivity contribution >= 4 is 11.5 Å². The Morgan fingerprint density at radius 1 is 1.14 bits per heavy atom. The summed E-state index contributed by atoms with van der Waals surface area (Å²) in [5.41, 5.74) is 7.83. The molecule has 1 aliphatic rings. The largest absolute Gasteiger partial charge is 0.384 e. The highest BCUT2D eigenvalue weighted by molar-refractivity contribution is 5.45. The van der Waals surface area contributed by atoms with Gasteiger partial charge in [-0.15, -0.1) is 0 Å². The number of pyridine rings is 2. The number of anilines is 2. The first-order valence-corrected chi connectivity index (χ1v) is 7.90. The van der Waals surface area contributed by atoms with E-state index in [9.17, 15) is 0 Å². The third kappa shape index (κ3) is 4.18. The lowest BCUT2D eigenvalue weighted by molar-refractivity contribution is 0.273. The minimum Gasteiger partial charge on any atom is -0.384 e. The molecular weight excluding hydrogens is 274 g/mol. The summed E-state index contributed by atoms with van der Waals surface area (Å²) in [6.07, 6.45) is 7.20. The fraction of sp³-hybridized carbons (Fsp3) is 0.412. The lowest BCUT2D eigenvalue weighted by Gasteiger charge is -2.20. The Morgan fingerprint density at radius 2 is 2.09 bits per heavy atom. The van der Waals surface area contributed by atoms with Crippen molar-refractivity contribution in [3.8, 4) is 0 Å². The Kier molecular flexibility index (Phi) is 4.85. The molecule has 0 saturated carbocycles. The molecule has 0 bridgehead atoms. The Balaban J connectivity index is 1.52. The highest BCUT2D eigenvalue weighted by atomic mass is 15.1. The van der Waals surface area contributed by atoms with Gasteiger partial charge in [-0.3, -0.25) is 9.88 Å². The molecule has 2 aromatic heterocycles. The molecule has 3 heterocycles. The van der Waals surface area contributed by atoms with Gasteiger partial charge in [0.2, 0.25) is 0 Å². The van der Waals surface area contributed by atoms with Crippen molar-refractivity contribution in [1.29, 1.82) is 0 Å². The lowest BCUT2D eigenvalue weighted by atomic mass is 10.1. The van der Waals surface area contributed by atoms with Crippen LogP contribution in [0.3, 0.4) is 0 Å². The molecule has 1 fully saturated rings. The van der Waals surface area contributed by atoms with Crippen molar-refractivity contribution in [3.05, 3.63) is 48.4 Å². The topological polar surface area (TPSA) is 67.1 Å². The van der Waals surface area contributed by atoms with Crippen LogP contribution in [0.2, 0.25) is 0 Å². The van der Waals surface area contributed by atoms with Crippen molar-refractivity contribution in [1.82, 2.24) is 14.9 Å². The number of hydrogen-bond donors (Lipinski definition) is 2. The maximum atomic E-state index is 5.62. The lowest BCUT2D eigenvalue weighted by Crippen LogP contribution is -2.26. The second kappa shape index (κ2) is 7.22. The first-order chi connectivity index (χ1) is 10.8. The summed E-state index contributed by atoms with van der Waals surface area (Å²) in [5.74, 6) is 0.563. The molecular formula is C17H23N5. The van der Waals surface area contributed by atoms with Crippen LogP contribution in [0.4, 0.5) is 11.5 Å². The van der Waals surface area contributed by atoms with Crippen molar-refractivity contribution < 1.29 is 0 Å².